The maximum Gasteiger partial charge on any atom is 0.326 e. The molecular weight excluding hydrogens is 545 g/mol. The third-order valence-electron chi connectivity index (χ3n) is 5.96. The molecule has 1 unspecified atom stereocenters. The summed E-state index contributed by atoms with van der Waals surface area (Å²) in [5.41, 5.74) is 1.19. The van der Waals surface area contributed by atoms with Crippen molar-refractivity contribution >= 4 is 46.5 Å². The van der Waals surface area contributed by atoms with Gasteiger partial charge < -0.3 is 20.5 Å². The van der Waals surface area contributed by atoms with Crippen molar-refractivity contribution in [3.63, 3.8) is 0 Å². The number of hydrogen-bond donors (Lipinski definition) is 3. The third-order valence-corrected chi connectivity index (χ3v) is 6.67. The van der Waals surface area contributed by atoms with Crippen LogP contribution in [0.4, 0.5) is 11.4 Å². The number of aliphatic carboxylic acids is 1. The van der Waals surface area contributed by atoms with Gasteiger partial charge in [-0.15, -0.1) is 0 Å². The van der Waals surface area contributed by atoms with Crippen LogP contribution in [0.3, 0.4) is 0 Å². The van der Waals surface area contributed by atoms with Gasteiger partial charge in [0.15, 0.2) is 0 Å². The summed E-state index contributed by atoms with van der Waals surface area (Å²) >= 11 is 12.3. The highest BCUT2D eigenvalue weighted by molar-refractivity contribution is 6.35. The number of hydrogen-bond acceptors (Lipinski definition) is 6. The van der Waals surface area contributed by atoms with Crippen molar-refractivity contribution in [3.8, 4) is 5.75 Å². The van der Waals surface area contributed by atoms with Gasteiger partial charge in [0.25, 0.3) is 11.6 Å². The number of nitrogens with zero attached hydrogens (tertiary/aromatic N) is 1. The number of carboxylic acids is 1. The number of amides is 1. The molecule has 0 radical (unpaired) electrons. The van der Waals surface area contributed by atoms with Crippen molar-refractivity contribution in [1.29, 1.82) is 0 Å². The minimum atomic E-state index is -1.31. The molecule has 0 aliphatic rings. The number of rotatable bonds is 14. The molecule has 3 aromatic carbocycles. The molecule has 0 aliphatic carbocycles. The first-order valence-corrected chi connectivity index (χ1v) is 13.2. The predicted molar refractivity (Wildman–Crippen MR) is 151 cm³/mol. The average molecular weight is 574 g/mol. The van der Waals surface area contributed by atoms with Gasteiger partial charge in [-0.1, -0.05) is 61.2 Å². The topological polar surface area (TPSA) is 131 Å². The Labute approximate surface area is 236 Å². The SMILES string of the molecule is CCCCCNc1ccc([N+](=O)[O-])c(C(=O)NC(Cc2ccc(OCc3c(Cl)cccc3Cl)cc2)C(=O)O)c1. The number of carboxylic acid groups (broad SMARTS) is 1. The second-order valence-electron chi connectivity index (χ2n) is 8.82. The summed E-state index contributed by atoms with van der Waals surface area (Å²) in [6, 6.07) is 14.7. The van der Waals surface area contributed by atoms with Crippen molar-refractivity contribution in [1.82, 2.24) is 5.32 Å². The van der Waals surface area contributed by atoms with E-state index in [0.717, 1.165) is 19.3 Å². The second kappa shape index (κ2) is 14.4. The van der Waals surface area contributed by atoms with E-state index in [1.54, 1.807) is 42.5 Å². The Morgan fingerprint density at radius 1 is 1.05 bits per heavy atom. The van der Waals surface area contributed by atoms with E-state index >= 15 is 0 Å². The van der Waals surface area contributed by atoms with Crippen LogP contribution in [0.5, 0.6) is 5.75 Å². The number of unbranched alkanes of at least 4 members (excludes halogenated alkanes) is 2. The highest BCUT2D eigenvalue weighted by Crippen LogP contribution is 2.26. The van der Waals surface area contributed by atoms with Gasteiger partial charge in [-0.05, 0) is 48.4 Å². The van der Waals surface area contributed by atoms with E-state index in [1.165, 1.54) is 18.2 Å². The molecule has 11 heteroatoms. The van der Waals surface area contributed by atoms with Crippen molar-refractivity contribution < 1.29 is 24.4 Å². The minimum Gasteiger partial charge on any atom is -0.489 e. The van der Waals surface area contributed by atoms with Gasteiger partial charge in [-0.2, -0.15) is 0 Å². The summed E-state index contributed by atoms with van der Waals surface area (Å²) in [4.78, 5) is 35.8. The second-order valence-corrected chi connectivity index (χ2v) is 9.64. The lowest BCUT2D eigenvalue weighted by molar-refractivity contribution is -0.385. The number of ether oxygens (including phenoxy) is 1. The first-order valence-electron chi connectivity index (χ1n) is 12.4. The number of carbonyl (C=O) groups is 2. The lowest BCUT2D eigenvalue weighted by atomic mass is 10.0. The molecular formula is C28H29Cl2N3O6. The molecule has 0 aromatic heterocycles. The highest BCUT2D eigenvalue weighted by Gasteiger charge is 2.26. The van der Waals surface area contributed by atoms with Gasteiger partial charge in [0.2, 0.25) is 0 Å². The molecule has 3 rings (SSSR count). The van der Waals surface area contributed by atoms with E-state index in [0.29, 0.717) is 39.2 Å². The smallest absolute Gasteiger partial charge is 0.326 e. The molecule has 9 nitrogen and oxygen atoms in total. The predicted octanol–water partition coefficient (Wildman–Crippen LogP) is 6.51. The molecule has 1 amide bonds. The quantitative estimate of drug-likeness (QED) is 0.114. The van der Waals surface area contributed by atoms with Crippen molar-refractivity contribution in [2.75, 3.05) is 11.9 Å². The van der Waals surface area contributed by atoms with Crippen molar-refractivity contribution in [2.24, 2.45) is 0 Å². The number of carbonyl (C=O) groups excluding carboxylic acids is 1. The molecule has 0 bridgehead atoms. The lowest BCUT2D eigenvalue weighted by Gasteiger charge is -2.16. The largest absolute Gasteiger partial charge is 0.489 e. The number of nitro groups is 1. The fourth-order valence-corrected chi connectivity index (χ4v) is 4.32. The molecule has 0 heterocycles. The zero-order valence-electron chi connectivity index (χ0n) is 21.3. The van der Waals surface area contributed by atoms with Crippen LogP contribution in [-0.2, 0) is 17.8 Å². The van der Waals surface area contributed by atoms with Crippen LogP contribution in [0.1, 0.15) is 47.7 Å². The standard InChI is InChI=1S/C28H29Cl2N3O6/c1-2-3-4-14-31-19-10-13-26(33(37)38)21(16-19)27(34)32-25(28(35)36)15-18-8-11-20(12-9-18)39-17-22-23(29)6-5-7-24(22)30/h5-13,16,25,31H,2-4,14-15,17H2,1H3,(H,32,34)(H,35,36). The summed E-state index contributed by atoms with van der Waals surface area (Å²) < 4.78 is 5.75. The molecule has 0 saturated heterocycles. The summed E-state index contributed by atoms with van der Waals surface area (Å²) in [5, 5.41) is 27.8. The number of anilines is 1. The minimum absolute atomic E-state index is 0.0412. The summed E-state index contributed by atoms with van der Waals surface area (Å²) in [5.74, 6) is -1.60. The molecule has 0 spiro atoms. The van der Waals surface area contributed by atoms with Crippen LogP contribution < -0.4 is 15.4 Å². The fraction of sp³-hybridized carbons (Fsp3) is 0.286. The van der Waals surface area contributed by atoms with Gasteiger partial charge in [0, 0.05) is 40.3 Å². The number of halogens is 2. The zero-order valence-corrected chi connectivity index (χ0v) is 22.8. The van der Waals surface area contributed by atoms with Gasteiger partial charge in [-0.25, -0.2) is 4.79 Å². The van der Waals surface area contributed by atoms with Crippen LogP contribution in [0.15, 0.2) is 60.7 Å². The Balaban J connectivity index is 1.68. The molecule has 0 fully saturated rings. The maximum absolute atomic E-state index is 13.0. The van der Waals surface area contributed by atoms with Crippen molar-refractivity contribution in [2.45, 2.75) is 45.3 Å². The highest BCUT2D eigenvalue weighted by atomic mass is 35.5. The van der Waals surface area contributed by atoms with Gasteiger partial charge in [0.05, 0.1) is 4.92 Å². The van der Waals surface area contributed by atoms with E-state index in [4.69, 9.17) is 27.9 Å². The number of nitro benzene ring substituents is 1. The van der Waals surface area contributed by atoms with Gasteiger partial charge in [-0.3, -0.25) is 14.9 Å². The van der Waals surface area contributed by atoms with Crippen LogP contribution >= 0.6 is 23.2 Å². The molecule has 39 heavy (non-hydrogen) atoms. The molecule has 0 aliphatic heterocycles. The first-order chi connectivity index (χ1) is 18.7. The molecule has 3 N–H and O–H groups in total. The third kappa shape index (κ3) is 8.59. The summed E-state index contributed by atoms with van der Waals surface area (Å²) in [7, 11) is 0. The van der Waals surface area contributed by atoms with Crippen LogP contribution in [0.2, 0.25) is 10.0 Å². The van der Waals surface area contributed by atoms with Crippen LogP contribution in [-0.4, -0.2) is 34.5 Å². The Morgan fingerprint density at radius 3 is 2.36 bits per heavy atom. The maximum atomic E-state index is 13.0. The normalized spacial score (nSPS) is 11.5. The Hall–Kier alpha value is -3.82. The number of benzene rings is 3. The Morgan fingerprint density at radius 2 is 1.74 bits per heavy atom. The van der Waals surface area contributed by atoms with E-state index in [-0.39, 0.29) is 18.6 Å². The van der Waals surface area contributed by atoms with E-state index in [2.05, 4.69) is 17.6 Å². The average Bonchev–Trinajstić information content (AvgIpc) is 2.91. The zero-order chi connectivity index (χ0) is 28.4. The van der Waals surface area contributed by atoms with E-state index in [9.17, 15) is 24.8 Å². The van der Waals surface area contributed by atoms with Gasteiger partial charge >= 0.3 is 5.97 Å². The monoisotopic (exact) mass is 573 g/mol. The van der Waals surface area contributed by atoms with Crippen molar-refractivity contribution in [3.05, 3.63) is 97.5 Å². The molecule has 1 atom stereocenters. The summed E-state index contributed by atoms with van der Waals surface area (Å²) in [6.07, 6.45) is 2.93. The van der Waals surface area contributed by atoms with Crippen LogP contribution in [0.25, 0.3) is 0 Å². The first kappa shape index (κ1) is 29.7. The Kier molecular flexibility index (Phi) is 11.0. The van der Waals surface area contributed by atoms with Crippen LogP contribution in [0, 0.1) is 10.1 Å². The lowest BCUT2D eigenvalue weighted by Crippen LogP contribution is -2.42. The molecule has 0 saturated carbocycles. The molecule has 3 aromatic rings. The van der Waals surface area contributed by atoms with E-state index in [1.807, 2.05) is 0 Å². The van der Waals surface area contributed by atoms with Gasteiger partial charge in [0.1, 0.15) is 24.0 Å². The van der Waals surface area contributed by atoms with E-state index < -0.39 is 28.5 Å². The molecule has 206 valence electrons. The fourth-order valence-electron chi connectivity index (χ4n) is 3.81. The summed E-state index contributed by atoms with van der Waals surface area (Å²) in [6.45, 7) is 2.88. The Bertz CT molecular complexity index is 1300. The number of nitrogens with one attached hydrogen (secondary N) is 2.